The van der Waals surface area contributed by atoms with Gasteiger partial charge in [0.15, 0.2) is 0 Å². The van der Waals surface area contributed by atoms with Crippen molar-refractivity contribution in [1.29, 1.82) is 0 Å². The predicted octanol–water partition coefficient (Wildman–Crippen LogP) is 4.29. The second kappa shape index (κ2) is 6.27. The number of carboxylic acid groups (broad SMARTS) is 1. The molecule has 2 N–H and O–H groups in total. The highest BCUT2D eigenvalue weighted by molar-refractivity contribution is 14.1. The van der Waals surface area contributed by atoms with Gasteiger partial charge in [-0.25, -0.2) is 4.79 Å². The lowest BCUT2D eigenvalue weighted by molar-refractivity contribution is -0.384. The summed E-state index contributed by atoms with van der Waals surface area (Å²) in [6.07, 6.45) is 0. The molecule has 0 aliphatic carbocycles. The highest BCUT2D eigenvalue weighted by Gasteiger charge is 2.20. The maximum Gasteiger partial charge on any atom is 0.338 e. The van der Waals surface area contributed by atoms with Crippen LogP contribution in [0.1, 0.15) is 10.4 Å². The lowest BCUT2D eigenvalue weighted by Gasteiger charge is -2.11. The van der Waals surface area contributed by atoms with E-state index in [4.69, 9.17) is 11.6 Å². The van der Waals surface area contributed by atoms with E-state index in [0.717, 1.165) is 15.7 Å². The van der Waals surface area contributed by atoms with Gasteiger partial charge >= 0.3 is 5.97 Å². The second-order valence-corrected chi connectivity index (χ2v) is 5.70. The normalized spacial score (nSPS) is 10.2. The van der Waals surface area contributed by atoms with Gasteiger partial charge in [0.1, 0.15) is 0 Å². The van der Waals surface area contributed by atoms with Crippen LogP contribution < -0.4 is 5.32 Å². The zero-order valence-electron chi connectivity index (χ0n) is 10.3. The highest BCUT2D eigenvalue weighted by Crippen LogP contribution is 2.33. The SMILES string of the molecule is O=C(O)c1cc([N+](=O)[O-])cc(Cl)c1Nc1ccc(I)cc1. The fourth-order valence-corrected chi connectivity index (χ4v) is 2.29. The Labute approximate surface area is 138 Å². The predicted molar refractivity (Wildman–Crippen MR) is 87.5 cm³/mol. The van der Waals surface area contributed by atoms with Crippen LogP contribution in [0.5, 0.6) is 0 Å². The summed E-state index contributed by atoms with van der Waals surface area (Å²) in [7, 11) is 0. The van der Waals surface area contributed by atoms with Gasteiger partial charge in [-0.15, -0.1) is 0 Å². The van der Waals surface area contributed by atoms with E-state index in [1.807, 2.05) is 12.1 Å². The van der Waals surface area contributed by atoms with Crippen LogP contribution >= 0.6 is 34.2 Å². The van der Waals surface area contributed by atoms with Gasteiger partial charge in [-0.05, 0) is 46.9 Å². The average molecular weight is 419 g/mol. The number of hydrogen-bond donors (Lipinski definition) is 2. The van der Waals surface area contributed by atoms with E-state index < -0.39 is 10.9 Å². The van der Waals surface area contributed by atoms with E-state index in [2.05, 4.69) is 27.9 Å². The summed E-state index contributed by atoms with van der Waals surface area (Å²) < 4.78 is 1.02. The van der Waals surface area contributed by atoms with Crippen molar-refractivity contribution in [3.8, 4) is 0 Å². The fourth-order valence-electron chi connectivity index (χ4n) is 1.67. The molecule has 0 radical (unpaired) electrons. The van der Waals surface area contributed by atoms with Crippen molar-refractivity contribution in [2.45, 2.75) is 0 Å². The first kappa shape index (κ1) is 15.5. The number of aromatic carboxylic acids is 1. The molecule has 0 aliphatic heterocycles. The maximum atomic E-state index is 11.3. The van der Waals surface area contributed by atoms with Crippen LogP contribution in [0.25, 0.3) is 0 Å². The van der Waals surface area contributed by atoms with E-state index in [1.165, 1.54) is 0 Å². The van der Waals surface area contributed by atoms with Crippen LogP contribution in [0.15, 0.2) is 36.4 Å². The minimum atomic E-state index is -1.30. The van der Waals surface area contributed by atoms with Gasteiger partial charge in [0.05, 0.1) is 21.2 Å². The standard InChI is InChI=1S/C13H8ClIN2O4/c14-11-6-9(17(20)21)5-10(13(18)19)12(11)16-8-3-1-7(15)2-4-8/h1-6,16H,(H,18,19). The lowest BCUT2D eigenvalue weighted by Crippen LogP contribution is -2.05. The molecule has 0 spiro atoms. The third-order valence-corrected chi connectivity index (χ3v) is 3.65. The number of non-ortho nitro benzene ring substituents is 1. The first-order valence-electron chi connectivity index (χ1n) is 5.62. The Kier molecular flexibility index (Phi) is 4.63. The number of benzene rings is 2. The largest absolute Gasteiger partial charge is 0.478 e. The maximum absolute atomic E-state index is 11.3. The molecule has 0 bridgehead atoms. The van der Waals surface area contributed by atoms with Crippen molar-refractivity contribution < 1.29 is 14.8 Å². The summed E-state index contributed by atoms with van der Waals surface area (Å²) in [5.74, 6) is -1.30. The van der Waals surface area contributed by atoms with Gasteiger partial charge in [-0.3, -0.25) is 10.1 Å². The summed E-state index contributed by atoms with van der Waals surface area (Å²) in [4.78, 5) is 21.4. The van der Waals surface area contributed by atoms with Crippen molar-refractivity contribution in [2.75, 3.05) is 5.32 Å². The Balaban J connectivity index is 2.49. The third kappa shape index (κ3) is 3.61. The number of rotatable bonds is 4. The number of carboxylic acids is 1. The number of nitro groups is 1. The Morgan fingerprint density at radius 3 is 2.43 bits per heavy atom. The summed E-state index contributed by atoms with van der Waals surface area (Å²) in [5.41, 5.74) is 0.128. The molecule has 6 nitrogen and oxygen atoms in total. The molecule has 0 saturated heterocycles. The van der Waals surface area contributed by atoms with Crippen LogP contribution in [-0.2, 0) is 0 Å². The van der Waals surface area contributed by atoms with Crippen LogP contribution in [0.2, 0.25) is 5.02 Å². The summed E-state index contributed by atoms with van der Waals surface area (Å²) in [6.45, 7) is 0. The molecule has 108 valence electrons. The van der Waals surface area contributed by atoms with E-state index in [0.29, 0.717) is 5.69 Å². The van der Waals surface area contributed by atoms with Gasteiger partial charge in [-0.2, -0.15) is 0 Å². The quantitative estimate of drug-likeness (QED) is 0.439. The molecule has 0 aliphatic rings. The molecule has 0 heterocycles. The van der Waals surface area contributed by atoms with Crippen molar-refractivity contribution >= 4 is 57.2 Å². The Bertz CT molecular complexity index is 719. The molecule has 2 aromatic carbocycles. The number of nitro benzene ring substituents is 1. The van der Waals surface area contributed by atoms with Crippen molar-refractivity contribution in [3.05, 3.63) is 60.7 Å². The highest BCUT2D eigenvalue weighted by atomic mass is 127. The van der Waals surface area contributed by atoms with Crippen molar-refractivity contribution in [1.82, 2.24) is 0 Å². The van der Waals surface area contributed by atoms with Gasteiger partial charge in [-0.1, -0.05) is 11.6 Å². The monoisotopic (exact) mass is 418 g/mol. The van der Waals surface area contributed by atoms with Gasteiger partial charge in [0.25, 0.3) is 5.69 Å². The summed E-state index contributed by atoms with van der Waals surface area (Å²) >= 11 is 8.11. The fraction of sp³-hybridized carbons (Fsp3) is 0. The molecule has 0 atom stereocenters. The van der Waals surface area contributed by atoms with E-state index in [1.54, 1.807) is 12.1 Å². The van der Waals surface area contributed by atoms with Crippen LogP contribution in [0.3, 0.4) is 0 Å². The number of anilines is 2. The Hall–Kier alpha value is -1.87. The number of hydrogen-bond acceptors (Lipinski definition) is 4. The number of nitrogens with zero attached hydrogens (tertiary/aromatic N) is 1. The Morgan fingerprint density at radius 1 is 1.29 bits per heavy atom. The zero-order chi connectivity index (χ0) is 15.6. The van der Waals surface area contributed by atoms with E-state index in [-0.39, 0.29) is 22.0 Å². The summed E-state index contributed by atoms with van der Waals surface area (Å²) in [6, 6.07) is 9.27. The molecule has 8 heteroatoms. The van der Waals surface area contributed by atoms with Gasteiger partial charge < -0.3 is 10.4 Å². The molecule has 2 rings (SSSR count). The van der Waals surface area contributed by atoms with Gasteiger partial charge in [0.2, 0.25) is 0 Å². The molecule has 0 saturated carbocycles. The number of carbonyl (C=O) groups is 1. The minimum absolute atomic E-state index is 0.0276. The smallest absolute Gasteiger partial charge is 0.338 e. The Morgan fingerprint density at radius 2 is 1.90 bits per heavy atom. The number of nitrogens with one attached hydrogen (secondary N) is 1. The van der Waals surface area contributed by atoms with Crippen LogP contribution in [0, 0.1) is 13.7 Å². The molecule has 0 unspecified atom stereocenters. The second-order valence-electron chi connectivity index (χ2n) is 4.04. The molecule has 0 aromatic heterocycles. The minimum Gasteiger partial charge on any atom is -0.478 e. The summed E-state index contributed by atoms with van der Waals surface area (Å²) in [5, 5.41) is 22.8. The molecular weight excluding hydrogens is 411 g/mol. The van der Waals surface area contributed by atoms with Crippen LogP contribution in [0.4, 0.5) is 17.1 Å². The molecule has 0 fully saturated rings. The van der Waals surface area contributed by atoms with Gasteiger partial charge in [0, 0.05) is 21.4 Å². The molecule has 2 aromatic rings. The van der Waals surface area contributed by atoms with Crippen molar-refractivity contribution in [2.24, 2.45) is 0 Å². The first-order chi connectivity index (χ1) is 9.88. The third-order valence-electron chi connectivity index (χ3n) is 2.63. The van der Waals surface area contributed by atoms with E-state index >= 15 is 0 Å². The first-order valence-corrected chi connectivity index (χ1v) is 7.08. The zero-order valence-corrected chi connectivity index (χ0v) is 13.3. The van der Waals surface area contributed by atoms with Crippen LogP contribution in [-0.4, -0.2) is 16.0 Å². The number of halogens is 2. The molecular formula is C13H8ClIN2O4. The topological polar surface area (TPSA) is 92.5 Å². The lowest BCUT2D eigenvalue weighted by atomic mass is 10.1. The molecule has 21 heavy (non-hydrogen) atoms. The molecule has 0 amide bonds. The average Bonchev–Trinajstić information content (AvgIpc) is 2.42. The van der Waals surface area contributed by atoms with E-state index in [9.17, 15) is 20.0 Å². The van der Waals surface area contributed by atoms with Crippen molar-refractivity contribution in [3.63, 3.8) is 0 Å².